The predicted molar refractivity (Wildman–Crippen MR) is 62.0 cm³/mol. The zero-order chi connectivity index (χ0) is 15.5. The molecule has 0 aromatic heterocycles. The molecule has 0 bridgehead atoms. The molecule has 0 amide bonds. The topological polar surface area (TPSA) is 69.9 Å². The van der Waals surface area contributed by atoms with Gasteiger partial charge in [-0.25, -0.2) is 8.78 Å². The highest BCUT2D eigenvalue weighted by molar-refractivity contribution is 6.12. The van der Waals surface area contributed by atoms with Gasteiger partial charge in [0.25, 0.3) is 0 Å². The van der Waals surface area contributed by atoms with E-state index in [-0.39, 0.29) is 5.56 Å². The van der Waals surface area contributed by atoms with Gasteiger partial charge >= 0.3 is 12.3 Å². The van der Waals surface area contributed by atoms with E-state index in [0.29, 0.717) is 5.56 Å². The first kappa shape index (κ1) is 15.9. The molecule has 8 heteroatoms. The van der Waals surface area contributed by atoms with Crippen LogP contribution in [0.4, 0.5) is 17.6 Å². The SMILES string of the molecule is Cc1ccc(O)c(C(=O)C/C(=N/O)C(F)(F)C(F)F)c1. The second-order valence-electron chi connectivity index (χ2n) is 4.09. The number of phenols is 1. The molecule has 0 radical (unpaired) electrons. The lowest BCUT2D eigenvalue weighted by molar-refractivity contribution is -0.0774. The second-order valence-corrected chi connectivity index (χ2v) is 4.09. The average Bonchev–Trinajstić information content (AvgIpc) is 2.37. The number of alkyl halides is 4. The number of halogens is 4. The maximum absolute atomic E-state index is 13.0. The number of carbonyl (C=O) groups excluding carboxylic acids is 1. The fraction of sp³-hybridized carbons (Fsp3) is 0.333. The third-order valence-electron chi connectivity index (χ3n) is 2.56. The van der Waals surface area contributed by atoms with Crippen LogP contribution in [0.5, 0.6) is 5.75 Å². The minimum Gasteiger partial charge on any atom is -0.507 e. The van der Waals surface area contributed by atoms with E-state index in [2.05, 4.69) is 5.16 Å². The van der Waals surface area contributed by atoms with Gasteiger partial charge in [0, 0.05) is 0 Å². The Labute approximate surface area is 111 Å². The number of carbonyl (C=O) groups is 1. The van der Waals surface area contributed by atoms with Gasteiger partial charge in [0.2, 0.25) is 0 Å². The first-order chi connectivity index (χ1) is 9.20. The average molecular weight is 293 g/mol. The van der Waals surface area contributed by atoms with Gasteiger partial charge in [-0.2, -0.15) is 8.78 Å². The number of hydrogen-bond donors (Lipinski definition) is 2. The van der Waals surface area contributed by atoms with E-state index >= 15 is 0 Å². The van der Waals surface area contributed by atoms with Crippen molar-refractivity contribution in [3.8, 4) is 5.75 Å². The van der Waals surface area contributed by atoms with Crippen LogP contribution in [0, 0.1) is 6.92 Å². The van der Waals surface area contributed by atoms with E-state index < -0.39 is 36.0 Å². The Morgan fingerprint density at radius 3 is 2.50 bits per heavy atom. The molecule has 4 nitrogen and oxygen atoms in total. The Balaban J connectivity index is 3.03. The maximum Gasteiger partial charge on any atom is 0.348 e. The molecule has 0 atom stereocenters. The summed E-state index contributed by atoms with van der Waals surface area (Å²) in [6.45, 7) is 1.59. The van der Waals surface area contributed by atoms with Crippen molar-refractivity contribution in [1.82, 2.24) is 0 Å². The van der Waals surface area contributed by atoms with E-state index in [1.807, 2.05) is 0 Å². The van der Waals surface area contributed by atoms with E-state index in [9.17, 15) is 27.5 Å². The van der Waals surface area contributed by atoms with E-state index in [0.717, 1.165) is 0 Å². The molecule has 0 unspecified atom stereocenters. The molecule has 0 saturated carbocycles. The van der Waals surface area contributed by atoms with Crippen LogP contribution in [0.15, 0.2) is 23.4 Å². The molecule has 0 heterocycles. The Morgan fingerprint density at radius 1 is 1.40 bits per heavy atom. The number of Topliss-reactive ketones (excluding diaryl/α,β-unsaturated/α-hetero) is 1. The highest BCUT2D eigenvalue weighted by Crippen LogP contribution is 2.28. The number of ketones is 1. The van der Waals surface area contributed by atoms with Crippen LogP contribution < -0.4 is 0 Å². The van der Waals surface area contributed by atoms with Crippen LogP contribution in [0.3, 0.4) is 0 Å². The van der Waals surface area contributed by atoms with Crippen molar-refractivity contribution in [2.75, 3.05) is 0 Å². The molecule has 0 aliphatic heterocycles. The maximum atomic E-state index is 13.0. The number of nitrogens with zero attached hydrogens (tertiary/aromatic N) is 1. The fourth-order valence-corrected chi connectivity index (χ4v) is 1.47. The van der Waals surface area contributed by atoms with Crippen LogP contribution in [0.2, 0.25) is 0 Å². The number of phenolic OH excluding ortho intramolecular Hbond substituents is 1. The Kier molecular flexibility index (Phi) is 4.69. The molecular formula is C12H11F4NO3. The van der Waals surface area contributed by atoms with Crippen molar-refractivity contribution in [2.24, 2.45) is 5.16 Å². The number of oxime groups is 1. The lowest BCUT2D eigenvalue weighted by Crippen LogP contribution is -2.38. The molecule has 110 valence electrons. The zero-order valence-electron chi connectivity index (χ0n) is 10.3. The number of benzene rings is 1. The summed E-state index contributed by atoms with van der Waals surface area (Å²) in [4.78, 5) is 11.7. The molecule has 2 N–H and O–H groups in total. The van der Waals surface area contributed by atoms with Crippen LogP contribution in [0.25, 0.3) is 0 Å². The van der Waals surface area contributed by atoms with Crippen molar-refractivity contribution in [2.45, 2.75) is 25.7 Å². The van der Waals surface area contributed by atoms with Crippen molar-refractivity contribution >= 4 is 11.5 Å². The van der Waals surface area contributed by atoms with Gasteiger partial charge in [-0.15, -0.1) is 0 Å². The number of aromatic hydroxyl groups is 1. The molecule has 0 saturated heterocycles. The third-order valence-corrected chi connectivity index (χ3v) is 2.56. The molecule has 0 aliphatic rings. The number of hydrogen-bond acceptors (Lipinski definition) is 4. The van der Waals surface area contributed by atoms with Crippen LogP contribution in [0.1, 0.15) is 22.3 Å². The minimum absolute atomic E-state index is 0.309. The summed E-state index contributed by atoms with van der Waals surface area (Å²) in [6.07, 6.45) is -5.34. The summed E-state index contributed by atoms with van der Waals surface area (Å²) in [5.74, 6) is -6.25. The van der Waals surface area contributed by atoms with Crippen molar-refractivity contribution < 1.29 is 32.7 Å². The van der Waals surface area contributed by atoms with Crippen molar-refractivity contribution in [1.29, 1.82) is 0 Å². The summed E-state index contributed by atoms with van der Waals surface area (Å²) in [5, 5.41) is 19.9. The summed E-state index contributed by atoms with van der Waals surface area (Å²) >= 11 is 0. The lowest BCUT2D eigenvalue weighted by Gasteiger charge is -2.16. The summed E-state index contributed by atoms with van der Waals surface area (Å²) in [5.41, 5.74) is -1.40. The van der Waals surface area contributed by atoms with Gasteiger partial charge in [-0.05, 0) is 19.1 Å². The second kappa shape index (κ2) is 5.89. The quantitative estimate of drug-likeness (QED) is 0.288. The summed E-state index contributed by atoms with van der Waals surface area (Å²) < 4.78 is 50.3. The van der Waals surface area contributed by atoms with Gasteiger partial charge in [-0.1, -0.05) is 16.8 Å². The summed E-state index contributed by atoms with van der Waals surface area (Å²) in [7, 11) is 0. The zero-order valence-corrected chi connectivity index (χ0v) is 10.3. The Hall–Kier alpha value is -2.12. The lowest BCUT2D eigenvalue weighted by atomic mass is 10.00. The van der Waals surface area contributed by atoms with E-state index in [1.54, 1.807) is 6.92 Å². The minimum atomic E-state index is -4.72. The van der Waals surface area contributed by atoms with Crippen LogP contribution in [-0.2, 0) is 0 Å². The van der Waals surface area contributed by atoms with Gasteiger partial charge in [0.1, 0.15) is 11.5 Å². The van der Waals surface area contributed by atoms with Gasteiger partial charge in [0.15, 0.2) is 5.78 Å². The van der Waals surface area contributed by atoms with Gasteiger partial charge in [0.05, 0.1) is 12.0 Å². The Bertz CT molecular complexity index is 544. The highest BCUT2D eigenvalue weighted by atomic mass is 19.3. The molecule has 0 fully saturated rings. The van der Waals surface area contributed by atoms with E-state index in [1.165, 1.54) is 18.2 Å². The van der Waals surface area contributed by atoms with Gasteiger partial charge in [-0.3, -0.25) is 4.79 Å². The van der Waals surface area contributed by atoms with E-state index in [4.69, 9.17) is 5.21 Å². The van der Waals surface area contributed by atoms with Crippen LogP contribution in [-0.4, -0.2) is 34.2 Å². The predicted octanol–water partition coefficient (Wildman–Crippen LogP) is 3.00. The molecule has 1 aromatic carbocycles. The Morgan fingerprint density at radius 2 is 2.00 bits per heavy atom. The molecular weight excluding hydrogens is 282 g/mol. The molecule has 20 heavy (non-hydrogen) atoms. The van der Waals surface area contributed by atoms with Crippen molar-refractivity contribution in [3.05, 3.63) is 29.3 Å². The summed E-state index contributed by atoms with van der Waals surface area (Å²) in [6, 6.07) is 3.86. The first-order valence-corrected chi connectivity index (χ1v) is 5.40. The highest BCUT2D eigenvalue weighted by Gasteiger charge is 2.47. The standard InChI is InChI=1S/C12H11F4NO3/c1-6-2-3-8(18)7(4-6)9(19)5-10(17-20)12(15,16)11(13)14/h2-4,11,18,20H,5H2,1H3/b17-10-. The fourth-order valence-electron chi connectivity index (χ4n) is 1.47. The van der Waals surface area contributed by atoms with Crippen molar-refractivity contribution in [3.63, 3.8) is 0 Å². The van der Waals surface area contributed by atoms with Crippen LogP contribution >= 0.6 is 0 Å². The third kappa shape index (κ3) is 3.25. The molecule has 0 aliphatic carbocycles. The smallest absolute Gasteiger partial charge is 0.348 e. The monoisotopic (exact) mass is 293 g/mol. The first-order valence-electron chi connectivity index (χ1n) is 5.40. The largest absolute Gasteiger partial charge is 0.507 e. The molecule has 1 rings (SSSR count). The molecule has 1 aromatic rings. The number of rotatable bonds is 5. The normalized spacial score (nSPS) is 12.8. The molecule has 0 spiro atoms. The number of aryl methyl sites for hydroxylation is 1. The van der Waals surface area contributed by atoms with Gasteiger partial charge < -0.3 is 10.3 Å².